The SMILES string of the molecule is CCCN(CCOc1cccc2ccccc12)C1CCc2c(O)cccc2C1.Cl. The summed E-state index contributed by atoms with van der Waals surface area (Å²) in [6, 6.07) is 21.1. The summed E-state index contributed by atoms with van der Waals surface area (Å²) in [5.41, 5.74) is 2.44. The fraction of sp³-hybridized carbons (Fsp3) is 0.360. The predicted octanol–water partition coefficient (Wildman–Crippen LogP) is 5.62. The lowest BCUT2D eigenvalue weighted by Crippen LogP contribution is -2.42. The van der Waals surface area contributed by atoms with E-state index in [0.29, 0.717) is 18.4 Å². The van der Waals surface area contributed by atoms with Crippen molar-refractivity contribution < 1.29 is 9.84 Å². The zero-order valence-electron chi connectivity index (χ0n) is 17.0. The third-order valence-corrected chi connectivity index (χ3v) is 5.84. The first kappa shape index (κ1) is 21.5. The Kier molecular flexibility index (Phi) is 7.40. The number of benzene rings is 3. The van der Waals surface area contributed by atoms with E-state index in [2.05, 4.69) is 60.4 Å². The maximum absolute atomic E-state index is 10.1. The second kappa shape index (κ2) is 10.00. The highest BCUT2D eigenvalue weighted by molar-refractivity contribution is 5.88. The molecular weight excluding hydrogens is 382 g/mol. The van der Waals surface area contributed by atoms with E-state index in [1.54, 1.807) is 6.07 Å². The number of ether oxygens (including phenoxy) is 1. The van der Waals surface area contributed by atoms with Gasteiger partial charge >= 0.3 is 0 Å². The van der Waals surface area contributed by atoms with Gasteiger partial charge < -0.3 is 9.84 Å². The second-order valence-electron chi connectivity index (χ2n) is 7.67. The molecule has 0 fully saturated rings. The number of hydrogen-bond acceptors (Lipinski definition) is 3. The molecule has 1 aliphatic carbocycles. The van der Waals surface area contributed by atoms with Crippen LogP contribution in [0.2, 0.25) is 0 Å². The summed E-state index contributed by atoms with van der Waals surface area (Å²) in [6.45, 7) is 4.94. The number of phenolic OH excluding ortho intramolecular Hbond substituents is 1. The lowest BCUT2D eigenvalue weighted by atomic mass is 9.87. The quantitative estimate of drug-likeness (QED) is 0.548. The zero-order chi connectivity index (χ0) is 19.3. The standard InChI is InChI=1S/C25H29NO2.ClH/c1-2-15-26(21-13-14-22-20(18-21)9-5-11-24(22)27)16-17-28-25-12-6-8-19-7-3-4-10-23(19)25;/h3-12,21,27H,2,13-18H2,1H3;1H. The van der Waals surface area contributed by atoms with E-state index in [-0.39, 0.29) is 12.4 Å². The van der Waals surface area contributed by atoms with Crippen LogP contribution in [0.5, 0.6) is 11.5 Å². The predicted molar refractivity (Wildman–Crippen MR) is 122 cm³/mol. The van der Waals surface area contributed by atoms with Gasteiger partial charge in [0.2, 0.25) is 0 Å². The smallest absolute Gasteiger partial charge is 0.127 e. The lowest BCUT2D eigenvalue weighted by Gasteiger charge is -2.35. The van der Waals surface area contributed by atoms with Crippen molar-refractivity contribution in [2.24, 2.45) is 0 Å². The summed E-state index contributed by atoms with van der Waals surface area (Å²) in [5.74, 6) is 1.42. The summed E-state index contributed by atoms with van der Waals surface area (Å²) in [6.07, 6.45) is 4.20. The molecule has 0 saturated heterocycles. The molecule has 1 aliphatic rings. The summed E-state index contributed by atoms with van der Waals surface area (Å²) in [5, 5.41) is 12.5. The average molecular weight is 412 g/mol. The average Bonchev–Trinajstić information content (AvgIpc) is 2.73. The van der Waals surface area contributed by atoms with Crippen LogP contribution >= 0.6 is 12.4 Å². The molecule has 3 nitrogen and oxygen atoms in total. The van der Waals surface area contributed by atoms with E-state index in [1.807, 2.05) is 6.07 Å². The fourth-order valence-electron chi connectivity index (χ4n) is 4.44. The van der Waals surface area contributed by atoms with Gasteiger partial charge in [0.1, 0.15) is 18.1 Å². The van der Waals surface area contributed by atoms with Gasteiger partial charge in [-0.25, -0.2) is 0 Å². The Bertz CT molecular complexity index is 938. The van der Waals surface area contributed by atoms with Crippen molar-refractivity contribution in [2.75, 3.05) is 19.7 Å². The van der Waals surface area contributed by atoms with Gasteiger partial charge in [-0.3, -0.25) is 4.90 Å². The minimum atomic E-state index is 0. The first-order valence-corrected chi connectivity index (χ1v) is 10.4. The Morgan fingerprint density at radius 2 is 1.79 bits per heavy atom. The first-order chi connectivity index (χ1) is 13.8. The van der Waals surface area contributed by atoms with E-state index in [0.717, 1.165) is 50.1 Å². The minimum absolute atomic E-state index is 0. The van der Waals surface area contributed by atoms with Gasteiger partial charge in [-0.2, -0.15) is 0 Å². The molecular formula is C25H30ClNO2. The third kappa shape index (κ3) is 4.85. The van der Waals surface area contributed by atoms with Gasteiger partial charge in [0, 0.05) is 18.0 Å². The zero-order valence-corrected chi connectivity index (χ0v) is 17.8. The normalized spacial score (nSPS) is 15.7. The Morgan fingerprint density at radius 3 is 2.66 bits per heavy atom. The molecule has 0 aromatic heterocycles. The number of fused-ring (bicyclic) bond motifs is 2. The van der Waals surface area contributed by atoms with Crippen LogP contribution in [-0.2, 0) is 12.8 Å². The maximum Gasteiger partial charge on any atom is 0.127 e. The monoisotopic (exact) mass is 411 g/mol. The molecule has 0 spiro atoms. The topological polar surface area (TPSA) is 32.7 Å². The van der Waals surface area contributed by atoms with Crippen LogP contribution in [0.25, 0.3) is 10.8 Å². The summed E-state index contributed by atoms with van der Waals surface area (Å²) in [7, 11) is 0. The molecule has 3 aromatic rings. The van der Waals surface area contributed by atoms with E-state index in [9.17, 15) is 5.11 Å². The van der Waals surface area contributed by atoms with Crippen molar-refractivity contribution in [1.29, 1.82) is 0 Å². The van der Waals surface area contributed by atoms with E-state index in [1.165, 1.54) is 16.3 Å². The largest absolute Gasteiger partial charge is 0.508 e. The molecule has 0 radical (unpaired) electrons. The molecule has 1 N–H and O–H groups in total. The van der Waals surface area contributed by atoms with E-state index in [4.69, 9.17) is 4.74 Å². The molecule has 0 amide bonds. The van der Waals surface area contributed by atoms with Gasteiger partial charge in [-0.1, -0.05) is 55.5 Å². The fourth-order valence-corrected chi connectivity index (χ4v) is 4.44. The molecule has 0 bridgehead atoms. The van der Waals surface area contributed by atoms with Crippen LogP contribution in [0.1, 0.15) is 30.9 Å². The van der Waals surface area contributed by atoms with Crippen molar-refractivity contribution in [1.82, 2.24) is 4.90 Å². The summed E-state index contributed by atoms with van der Waals surface area (Å²) in [4.78, 5) is 2.57. The van der Waals surface area contributed by atoms with E-state index >= 15 is 0 Å². The Morgan fingerprint density at radius 1 is 1.00 bits per heavy atom. The van der Waals surface area contributed by atoms with Gasteiger partial charge in [-0.15, -0.1) is 12.4 Å². The van der Waals surface area contributed by atoms with Gasteiger partial charge in [-0.05, 0) is 60.9 Å². The molecule has 3 aromatic carbocycles. The van der Waals surface area contributed by atoms with Crippen molar-refractivity contribution in [3.05, 3.63) is 71.8 Å². The minimum Gasteiger partial charge on any atom is -0.508 e. The van der Waals surface area contributed by atoms with Crippen LogP contribution in [0, 0.1) is 0 Å². The number of nitrogens with zero attached hydrogens (tertiary/aromatic N) is 1. The van der Waals surface area contributed by atoms with Crippen molar-refractivity contribution in [3.63, 3.8) is 0 Å². The Hall–Kier alpha value is -2.23. The lowest BCUT2D eigenvalue weighted by molar-refractivity contribution is 0.147. The Labute approximate surface area is 179 Å². The van der Waals surface area contributed by atoms with Gasteiger partial charge in [0.05, 0.1) is 0 Å². The molecule has 4 rings (SSSR count). The number of halogens is 1. The number of hydrogen-bond donors (Lipinski definition) is 1. The van der Waals surface area contributed by atoms with Crippen molar-refractivity contribution >= 4 is 23.2 Å². The third-order valence-electron chi connectivity index (χ3n) is 5.84. The van der Waals surface area contributed by atoms with Crippen LogP contribution in [0.3, 0.4) is 0 Å². The summed E-state index contributed by atoms with van der Waals surface area (Å²) < 4.78 is 6.19. The van der Waals surface area contributed by atoms with E-state index < -0.39 is 0 Å². The van der Waals surface area contributed by atoms with Crippen molar-refractivity contribution in [3.8, 4) is 11.5 Å². The van der Waals surface area contributed by atoms with Crippen LogP contribution in [-0.4, -0.2) is 35.7 Å². The number of phenols is 1. The van der Waals surface area contributed by atoms with Gasteiger partial charge in [0.25, 0.3) is 0 Å². The summed E-state index contributed by atoms with van der Waals surface area (Å²) >= 11 is 0. The molecule has 0 heterocycles. The highest BCUT2D eigenvalue weighted by Gasteiger charge is 2.25. The molecule has 1 unspecified atom stereocenters. The molecule has 0 aliphatic heterocycles. The van der Waals surface area contributed by atoms with Gasteiger partial charge in [0.15, 0.2) is 0 Å². The number of aromatic hydroxyl groups is 1. The Balaban J connectivity index is 0.00000240. The molecule has 0 saturated carbocycles. The maximum atomic E-state index is 10.1. The molecule has 29 heavy (non-hydrogen) atoms. The highest BCUT2D eigenvalue weighted by Crippen LogP contribution is 2.31. The first-order valence-electron chi connectivity index (χ1n) is 10.4. The molecule has 154 valence electrons. The number of rotatable bonds is 7. The second-order valence-corrected chi connectivity index (χ2v) is 7.67. The van der Waals surface area contributed by atoms with Crippen LogP contribution < -0.4 is 4.74 Å². The highest BCUT2D eigenvalue weighted by atomic mass is 35.5. The molecule has 1 atom stereocenters. The molecule has 4 heteroatoms. The van der Waals surface area contributed by atoms with Crippen LogP contribution in [0.15, 0.2) is 60.7 Å². The van der Waals surface area contributed by atoms with Crippen molar-refractivity contribution in [2.45, 2.75) is 38.6 Å². The van der Waals surface area contributed by atoms with Crippen LogP contribution in [0.4, 0.5) is 0 Å².